The van der Waals surface area contributed by atoms with E-state index in [-0.39, 0.29) is 5.82 Å². The molecule has 1 atom stereocenters. The lowest BCUT2D eigenvalue weighted by atomic mass is 9.88. The average molecular weight is 248 g/mol. The second kappa shape index (κ2) is 6.36. The summed E-state index contributed by atoms with van der Waals surface area (Å²) >= 11 is 0. The van der Waals surface area contributed by atoms with Crippen molar-refractivity contribution in [2.24, 2.45) is 0 Å². The van der Waals surface area contributed by atoms with Crippen molar-refractivity contribution >= 4 is 0 Å². The molecule has 1 heteroatoms. The zero-order chi connectivity index (χ0) is 13.0. The van der Waals surface area contributed by atoms with Crippen molar-refractivity contribution in [2.45, 2.75) is 70.6 Å². The van der Waals surface area contributed by atoms with Gasteiger partial charge in [-0.25, -0.2) is 4.39 Å². The molecule has 1 aliphatic rings. The van der Waals surface area contributed by atoms with Crippen LogP contribution in [0.1, 0.15) is 81.8 Å². The quantitative estimate of drug-likeness (QED) is 0.620. The highest BCUT2D eigenvalue weighted by atomic mass is 19.1. The molecule has 0 aliphatic heterocycles. The third-order valence-corrected chi connectivity index (χ3v) is 4.42. The molecule has 0 spiro atoms. The number of hydrogen-bond donors (Lipinski definition) is 0. The minimum atomic E-state index is 0.0111. The molecular formula is C17H25F. The maximum atomic E-state index is 14.0. The van der Waals surface area contributed by atoms with Crippen LogP contribution >= 0.6 is 0 Å². The van der Waals surface area contributed by atoms with Crippen LogP contribution < -0.4 is 0 Å². The zero-order valence-electron chi connectivity index (χ0n) is 11.7. The molecule has 0 amide bonds. The third-order valence-electron chi connectivity index (χ3n) is 4.42. The van der Waals surface area contributed by atoms with Crippen LogP contribution in [-0.4, -0.2) is 0 Å². The van der Waals surface area contributed by atoms with Crippen molar-refractivity contribution in [3.05, 3.63) is 35.1 Å². The fourth-order valence-electron chi connectivity index (χ4n) is 3.32. The number of rotatable bonds is 5. The van der Waals surface area contributed by atoms with Gasteiger partial charge in [-0.3, -0.25) is 0 Å². The summed E-state index contributed by atoms with van der Waals surface area (Å²) in [7, 11) is 0. The normalized spacial score (nSPS) is 18.2. The van der Waals surface area contributed by atoms with Gasteiger partial charge in [0.2, 0.25) is 0 Å². The average Bonchev–Trinajstić information content (AvgIpc) is 2.90. The molecule has 0 bridgehead atoms. The first-order chi connectivity index (χ1) is 8.76. The van der Waals surface area contributed by atoms with Crippen LogP contribution in [-0.2, 0) is 0 Å². The first-order valence-corrected chi connectivity index (χ1v) is 7.55. The Morgan fingerprint density at radius 2 is 1.94 bits per heavy atom. The molecule has 1 aliphatic carbocycles. The number of hydrogen-bond acceptors (Lipinski definition) is 0. The number of benzene rings is 1. The van der Waals surface area contributed by atoms with Crippen LogP contribution in [0.2, 0.25) is 0 Å². The van der Waals surface area contributed by atoms with Crippen LogP contribution in [0.3, 0.4) is 0 Å². The molecular weight excluding hydrogens is 223 g/mol. The molecule has 0 nitrogen and oxygen atoms in total. The Balaban J connectivity index is 2.24. The predicted molar refractivity (Wildman–Crippen MR) is 75.5 cm³/mol. The van der Waals surface area contributed by atoms with Crippen molar-refractivity contribution in [3.8, 4) is 0 Å². The molecule has 1 unspecified atom stereocenters. The van der Waals surface area contributed by atoms with E-state index in [9.17, 15) is 4.39 Å². The molecule has 1 fully saturated rings. The van der Waals surface area contributed by atoms with Gasteiger partial charge in [0.1, 0.15) is 5.82 Å². The van der Waals surface area contributed by atoms with Crippen LogP contribution in [0.15, 0.2) is 18.2 Å². The standard InChI is InChI=1S/C17H25F/c1-3-7-13(4-2)15-10-11-17(18)16(12-15)14-8-5-6-9-14/h10-14H,3-9H2,1-2H3. The zero-order valence-corrected chi connectivity index (χ0v) is 11.7. The third kappa shape index (κ3) is 2.93. The molecule has 0 heterocycles. The Kier molecular flexibility index (Phi) is 4.79. The molecule has 0 saturated heterocycles. The van der Waals surface area contributed by atoms with Crippen LogP contribution in [0.25, 0.3) is 0 Å². The van der Waals surface area contributed by atoms with E-state index >= 15 is 0 Å². The van der Waals surface area contributed by atoms with Crippen molar-refractivity contribution < 1.29 is 4.39 Å². The highest BCUT2D eigenvalue weighted by molar-refractivity contribution is 5.30. The van der Waals surface area contributed by atoms with Gasteiger partial charge < -0.3 is 0 Å². The van der Waals surface area contributed by atoms with E-state index in [1.807, 2.05) is 6.07 Å². The fourth-order valence-corrected chi connectivity index (χ4v) is 3.32. The van der Waals surface area contributed by atoms with Crippen molar-refractivity contribution in [1.82, 2.24) is 0 Å². The molecule has 0 radical (unpaired) electrons. The summed E-state index contributed by atoms with van der Waals surface area (Å²) in [6.45, 7) is 4.46. The SMILES string of the molecule is CCCC(CC)c1ccc(F)c(C2CCCC2)c1. The lowest BCUT2D eigenvalue weighted by Crippen LogP contribution is -2.02. The molecule has 18 heavy (non-hydrogen) atoms. The number of halogens is 1. The van der Waals surface area contributed by atoms with Crippen LogP contribution in [0.5, 0.6) is 0 Å². The van der Waals surface area contributed by atoms with Crippen LogP contribution in [0, 0.1) is 5.82 Å². The van der Waals surface area contributed by atoms with E-state index in [4.69, 9.17) is 0 Å². The molecule has 0 aromatic heterocycles. The minimum Gasteiger partial charge on any atom is -0.207 e. The fraction of sp³-hybridized carbons (Fsp3) is 0.647. The molecule has 100 valence electrons. The lowest BCUT2D eigenvalue weighted by molar-refractivity contribution is 0.566. The Morgan fingerprint density at radius 3 is 2.56 bits per heavy atom. The molecule has 0 N–H and O–H groups in total. The predicted octanol–water partition coefficient (Wildman–Crippen LogP) is 5.78. The highest BCUT2D eigenvalue weighted by Crippen LogP contribution is 2.37. The van der Waals surface area contributed by atoms with E-state index < -0.39 is 0 Å². The topological polar surface area (TPSA) is 0 Å². The van der Waals surface area contributed by atoms with Gasteiger partial charge in [0.25, 0.3) is 0 Å². The van der Waals surface area contributed by atoms with Gasteiger partial charge in [-0.1, -0.05) is 45.2 Å². The molecule has 1 aromatic rings. The monoisotopic (exact) mass is 248 g/mol. The van der Waals surface area contributed by atoms with Gasteiger partial charge >= 0.3 is 0 Å². The highest BCUT2D eigenvalue weighted by Gasteiger charge is 2.21. The molecule has 1 saturated carbocycles. The molecule has 1 aromatic carbocycles. The van der Waals surface area contributed by atoms with E-state index in [1.165, 1.54) is 44.1 Å². The van der Waals surface area contributed by atoms with Gasteiger partial charge in [-0.05, 0) is 54.7 Å². The van der Waals surface area contributed by atoms with E-state index in [2.05, 4.69) is 19.9 Å². The summed E-state index contributed by atoms with van der Waals surface area (Å²) in [5.74, 6) is 1.09. The van der Waals surface area contributed by atoms with E-state index in [0.29, 0.717) is 11.8 Å². The Hall–Kier alpha value is -0.850. The largest absolute Gasteiger partial charge is 0.207 e. The Morgan fingerprint density at radius 1 is 1.22 bits per heavy atom. The Bertz CT molecular complexity index is 377. The van der Waals surface area contributed by atoms with Gasteiger partial charge in [0.05, 0.1) is 0 Å². The second-order valence-corrected chi connectivity index (χ2v) is 5.66. The summed E-state index contributed by atoms with van der Waals surface area (Å²) in [6.07, 6.45) is 8.45. The minimum absolute atomic E-state index is 0.0111. The van der Waals surface area contributed by atoms with Crippen molar-refractivity contribution in [3.63, 3.8) is 0 Å². The van der Waals surface area contributed by atoms with Gasteiger partial charge in [-0.15, -0.1) is 0 Å². The summed E-state index contributed by atoms with van der Waals surface area (Å²) in [5.41, 5.74) is 2.34. The maximum Gasteiger partial charge on any atom is 0.126 e. The van der Waals surface area contributed by atoms with Gasteiger partial charge in [0, 0.05) is 0 Å². The summed E-state index contributed by atoms with van der Waals surface area (Å²) < 4.78 is 14.0. The van der Waals surface area contributed by atoms with E-state index in [0.717, 1.165) is 12.0 Å². The second-order valence-electron chi connectivity index (χ2n) is 5.66. The first kappa shape index (κ1) is 13.6. The lowest BCUT2D eigenvalue weighted by Gasteiger charge is -2.18. The van der Waals surface area contributed by atoms with Gasteiger partial charge in [-0.2, -0.15) is 0 Å². The van der Waals surface area contributed by atoms with Crippen molar-refractivity contribution in [2.75, 3.05) is 0 Å². The summed E-state index contributed by atoms with van der Waals surface area (Å²) in [5, 5.41) is 0. The van der Waals surface area contributed by atoms with E-state index in [1.54, 1.807) is 6.07 Å². The Labute approximate surface area is 111 Å². The smallest absolute Gasteiger partial charge is 0.126 e. The van der Waals surface area contributed by atoms with Gasteiger partial charge in [0.15, 0.2) is 0 Å². The molecule has 2 rings (SSSR count). The first-order valence-electron chi connectivity index (χ1n) is 7.55. The summed E-state index contributed by atoms with van der Waals surface area (Å²) in [4.78, 5) is 0. The van der Waals surface area contributed by atoms with Crippen LogP contribution in [0.4, 0.5) is 4.39 Å². The summed E-state index contributed by atoms with van der Waals surface area (Å²) in [6, 6.07) is 5.86. The maximum absolute atomic E-state index is 14.0. The van der Waals surface area contributed by atoms with Crippen molar-refractivity contribution in [1.29, 1.82) is 0 Å².